The Bertz CT molecular complexity index is 423. The van der Waals surface area contributed by atoms with Crippen LogP contribution in [0, 0.1) is 5.41 Å². The van der Waals surface area contributed by atoms with E-state index in [1.54, 1.807) is 0 Å². The maximum absolute atomic E-state index is 9.73. The molecular formula is C14H25N3O. The van der Waals surface area contributed by atoms with Crippen LogP contribution in [-0.2, 0) is 13.6 Å². The number of aliphatic hydroxyl groups is 1. The highest BCUT2D eigenvalue weighted by molar-refractivity contribution is 5.20. The number of hydrogen-bond donors (Lipinski definition) is 2. The molecule has 0 spiro atoms. The standard InChI is InChI=1S/C14H25N3O/c1-9(2)13-10(8-17(5)16-13)7-15-11-6-12(18)14(11,3)4/h8-9,11-12,15,18H,6-7H2,1-5H3. The molecule has 4 nitrogen and oxygen atoms in total. The Balaban J connectivity index is 1.99. The Morgan fingerprint density at radius 2 is 2.22 bits per heavy atom. The second-order valence-electron chi connectivity index (χ2n) is 6.37. The SMILES string of the molecule is CC(C)c1nn(C)cc1CNC1CC(O)C1(C)C. The minimum Gasteiger partial charge on any atom is -0.392 e. The summed E-state index contributed by atoms with van der Waals surface area (Å²) in [6.45, 7) is 9.41. The van der Waals surface area contributed by atoms with Crippen molar-refractivity contribution < 1.29 is 5.11 Å². The van der Waals surface area contributed by atoms with Crippen molar-refractivity contribution in [2.24, 2.45) is 12.5 Å². The second kappa shape index (κ2) is 4.67. The average Bonchev–Trinajstić information content (AvgIpc) is 2.65. The molecule has 1 aliphatic rings. The summed E-state index contributed by atoms with van der Waals surface area (Å²) in [6.07, 6.45) is 2.77. The van der Waals surface area contributed by atoms with E-state index in [1.807, 2.05) is 11.7 Å². The Hall–Kier alpha value is -0.870. The molecule has 0 bridgehead atoms. The third-order valence-corrected chi connectivity index (χ3v) is 4.24. The van der Waals surface area contributed by atoms with Gasteiger partial charge in [0, 0.05) is 36.8 Å². The molecule has 4 heteroatoms. The molecule has 1 aromatic heterocycles. The monoisotopic (exact) mass is 251 g/mol. The van der Waals surface area contributed by atoms with E-state index in [0.29, 0.717) is 12.0 Å². The highest BCUT2D eigenvalue weighted by atomic mass is 16.3. The summed E-state index contributed by atoms with van der Waals surface area (Å²) in [6, 6.07) is 0.396. The molecule has 1 aliphatic carbocycles. The van der Waals surface area contributed by atoms with Crippen LogP contribution in [0.4, 0.5) is 0 Å². The smallest absolute Gasteiger partial charge is 0.0694 e. The van der Waals surface area contributed by atoms with Crippen LogP contribution in [0.2, 0.25) is 0 Å². The van der Waals surface area contributed by atoms with Gasteiger partial charge in [-0.15, -0.1) is 0 Å². The van der Waals surface area contributed by atoms with Gasteiger partial charge in [-0.2, -0.15) is 5.10 Å². The van der Waals surface area contributed by atoms with Crippen LogP contribution in [-0.4, -0.2) is 27.0 Å². The molecule has 102 valence electrons. The molecule has 2 N–H and O–H groups in total. The van der Waals surface area contributed by atoms with Gasteiger partial charge in [-0.1, -0.05) is 27.7 Å². The van der Waals surface area contributed by atoms with Crippen LogP contribution in [0.15, 0.2) is 6.20 Å². The zero-order chi connectivity index (χ0) is 13.5. The molecule has 18 heavy (non-hydrogen) atoms. The summed E-state index contributed by atoms with van der Waals surface area (Å²) in [5.74, 6) is 0.447. The zero-order valence-corrected chi connectivity index (χ0v) is 12.1. The predicted octanol–water partition coefficient (Wildman–Crippen LogP) is 1.79. The Morgan fingerprint density at radius 1 is 1.56 bits per heavy atom. The van der Waals surface area contributed by atoms with E-state index in [-0.39, 0.29) is 11.5 Å². The molecule has 2 unspecified atom stereocenters. The van der Waals surface area contributed by atoms with Gasteiger partial charge in [0.2, 0.25) is 0 Å². The third-order valence-electron chi connectivity index (χ3n) is 4.24. The quantitative estimate of drug-likeness (QED) is 0.858. The first kappa shape index (κ1) is 13.6. The molecular weight excluding hydrogens is 226 g/mol. The van der Waals surface area contributed by atoms with Gasteiger partial charge in [0.25, 0.3) is 0 Å². The molecule has 0 radical (unpaired) electrons. The van der Waals surface area contributed by atoms with Crippen molar-refractivity contribution >= 4 is 0 Å². The topological polar surface area (TPSA) is 50.1 Å². The van der Waals surface area contributed by atoms with E-state index < -0.39 is 0 Å². The number of nitrogens with zero attached hydrogens (tertiary/aromatic N) is 2. The molecule has 0 amide bonds. The number of aryl methyl sites for hydroxylation is 1. The Morgan fingerprint density at radius 3 is 2.72 bits per heavy atom. The van der Waals surface area contributed by atoms with Crippen molar-refractivity contribution in [2.45, 2.75) is 58.7 Å². The van der Waals surface area contributed by atoms with Crippen molar-refractivity contribution in [1.82, 2.24) is 15.1 Å². The van der Waals surface area contributed by atoms with Gasteiger partial charge in [0.1, 0.15) is 0 Å². The van der Waals surface area contributed by atoms with Crippen LogP contribution in [0.25, 0.3) is 0 Å². The summed E-state index contributed by atoms with van der Waals surface area (Å²) in [7, 11) is 1.96. The van der Waals surface area contributed by atoms with Gasteiger partial charge in [0.05, 0.1) is 11.8 Å². The lowest BCUT2D eigenvalue weighted by Gasteiger charge is -2.49. The highest BCUT2D eigenvalue weighted by Crippen LogP contribution is 2.40. The van der Waals surface area contributed by atoms with Crippen LogP contribution < -0.4 is 5.32 Å². The number of hydrogen-bond acceptors (Lipinski definition) is 3. The second-order valence-corrected chi connectivity index (χ2v) is 6.37. The molecule has 0 aliphatic heterocycles. The maximum atomic E-state index is 9.73. The minimum absolute atomic E-state index is 0.0137. The molecule has 0 aromatic carbocycles. The first-order chi connectivity index (χ1) is 8.32. The highest BCUT2D eigenvalue weighted by Gasteiger charge is 2.46. The van der Waals surface area contributed by atoms with Gasteiger partial charge in [-0.25, -0.2) is 0 Å². The van der Waals surface area contributed by atoms with Crippen molar-refractivity contribution in [1.29, 1.82) is 0 Å². The fraction of sp³-hybridized carbons (Fsp3) is 0.786. The van der Waals surface area contributed by atoms with Crippen LogP contribution in [0.3, 0.4) is 0 Å². The first-order valence-corrected chi connectivity index (χ1v) is 6.76. The fourth-order valence-corrected chi connectivity index (χ4v) is 2.66. The molecule has 1 aromatic rings. The maximum Gasteiger partial charge on any atom is 0.0694 e. The summed E-state index contributed by atoms with van der Waals surface area (Å²) >= 11 is 0. The van der Waals surface area contributed by atoms with Gasteiger partial charge >= 0.3 is 0 Å². The van der Waals surface area contributed by atoms with E-state index in [9.17, 15) is 5.11 Å². The number of nitrogens with one attached hydrogen (secondary N) is 1. The zero-order valence-electron chi connectivity index (χ0n) is 12.1. The molecule has 1 saturated carbocycles. The average molecular weight is 251 g/mol. The molecule has 1 fully saturated rings. The number of aromatic nitrogens is 2. The van der Waals surface area contributed by atoms with Gasteiger partial charge in [0.15, 0.2) is 0 Å². The molecule has 1 heterocycles. The van der Waals surface area contributed by atoms with E-state index in [4.69, 9.17) is 0 Å². The molecule has 0 saturated heterocycles. The Labute approximate surface area is 109 Å². The summed E-state index contributed by atoms with van der Waals surface area (Å²) in [5, 5.41) is 17.8. The van der Waals surface area contributed by atoms with Crippen molar-refractivity contribution in [2.75, 3.05) is 0 Å². The number of rotatable bonds is 4. The van der Waals surface area contributed by atoms with Gasteiger partial charge in [-0.3, -0.25) is 4.68 Å². The lowest BCUT2D eigenvalue weighted by molar-refractivity contribution is -0.0730. The van der Waals surface area contributed by atoms with E-state index >= 15 is 0 Å². The van der Waals surface area contributed by atoms with Gasteiger partial charge in [-0.05, 0) is 12.3 Å². The number of aliphatic hydroxyl groups excluding tert-OH is 1. The summed E-state index contributed by atoms with van der Waals surface area (Å²) in [5.41, 5.74) is 2.42. The fourth-order valence-electron chi connectivity index (χ4n) is 2.66. The van der Waals surface area contributed by atoms with Crippen molar-refractivity contribution in [3.05, 3.63) is 17.5 Å². The minimum atomic E-state index is -0.173. The Kier molecular flexibility index (Phi) is 3.52. The van der Waals surface area contributed by atoms with E-state index in [1.165, 1.54) is 11.3 Å². The normalized spacial score (nSPS) is 26.4. The lowest BCUT2D eigenvalue weighted by atomic mass is 9.64. The first-order valence-electron chi connectivity index (χ1n) is 6.76. The largest absolute Gasteiger partial charge is 0.392 e. The van der Waals surface area contributed by atoms with Gasteiger partial charge < -0.3 is 10.4 Å². The van der Waals surface area contributed by atoms with E-state index in [0.717, 1.165) is 13.0 Å². The predicted molar refractivity (Wildman–Crippen MR) is 72.3 cm³/mol. The summed E-state index contributed by atoms with van der Waals surface area (Å²) in [4.78, 5) is 0. The van der Waals surface area contributed by atoms with Crippen LogP contribution in [0.1, 0.15) is 51.3 Å². The van der Waals surface area contributed by atoms with Crippen LogP contribution in [0.5, 0.6) is 0 Å². The van der Waals surface area contributed by atoms with Crippen molar-refractivity contribution in [3.63, 3.8) is 0 Å². The molecule has 2 atom stereocenters. The lowest BCUT2D eigenvalue weighted by Crippen LogP contribution is -2.59. The van der Waals surface area contributed by atoms with E-state index in [2.05, 4.69) is 44.3 Å². The molecule has 2 rings (SSSR count). The third kappa shape index (κ3) is 2.31. The summed E-state index contributed by atoms with van der Waals surface area (Å²) < 4.78 is 1.88. The van der Waals surface area contributed by atoms with Crippen LogP contribution >= 0.6 is 0 Å². The van der Waals surface area contributed by atoms with Crippen molar-refractivity contribution in [3.8, 4) is 0 Å².